The third-order valence-corrected chi connectivity index (χ3v) is 7.32. The van der Waals surface area contributed by atoms with Gasteiger partial charge >= 0.3 is 0 Å². The van der Waals surface area contributed by atoms with Crippen molar-refractivity contribution in [3.05, 3.63) is 48.2 Å². The molecule has 27 heavy (non-hydrogen) atoms. The van der Waals surface area contributed by atoms with Crippen LogP contribution in [0.15, 0.2) is 57.5 Å². The quantitative estimate of drug-likeness (QED) is 0.835. The Morgan fingerprint density at radius 3 is 2.67 bits per heavy atom. The van der Waals surface area contributed by atoms with Gasteiger partial charge < -0.3 is 10.2 Å². The van der Waals surface area contributed by atoms with Gasteiger partial charge in [0, 0.05) is 28.6 Å². The number of carbonyl (C=O) groups is 1. The van der Waals surface area contributed by atoms with Crippen molar-refractivity contribution < 1.29 is 13.2 Å². The van der Waals surface area contributed by atoms with Crippen molar-refractivity contribution in [2.24, 2.45) is 4.40 Å². The monoisotopic (exact) mass is 403 g/mol. The van der Waals surface area contributed by atoms with Gasteiger partial charge in [-0.2, -0.15) is 0 Å². The first-order valence-electron chi connectivity index (χ1n) is 9.06. The van der Waals surface area contributed by atoms with Gasteiger partial charge in [0.25, 0.3) is 15.9 Å². The molecule has 6 nitrogen and oxygen atoms in total. The summed E-state index contributed by atoms with van der Waals surface area (Å²) in [4.78, 5) is 15.6. The van der Waals surface area contributed by atoms with E-state index in [1.54, 1.807) is 23.3 Å². The van der Waals surface area contributed by atoms with E-state index >= 15 is 0 Å². The first kappa shape index (κ1) is 18.3. The number of thioether (sulfide) groups is 1. The highest BCUT2D eigenvalue weighted by Crippen LogP contribution is 2.35. The van der Waals surface area contributed by atoms with Crippen LogP contribution < -0.4 is 5.32 Å². The lowest BCUT2D eigenvalue weighted by Gasteiger charge is -2.28. The van der Waals surface area contributed by atoms with E-state index < -0.39 is 10.0 Å². The molecule has 0 spiro atoms. The number of hydrogen-bond acceptors (Lipinski definition) is 5. The van der Waals surface area contributed by atoms with E-state index in [0.29, 0.717) is 17.5 Å². The summed E-state index contributed by atoms with van der Waals surface area (Å²) in [6.07, 6.45) is 10.2. The van der Waals surface area contributed by atoms with Crippen molar-refractivity contribution in [3.63, 3.8) is 0 Å². The predicted octanol–water partition coefficient (Wildman–Crippen LogP) is 3.16. The summed E-state index contributed by atoms with van der Waals surface area (Å²) >= 11 is 1.90. The SMILES string of the molecule is O=C(Nc1ccc(SC2CCCC2)cc1)C1=CC=CN2CCS(=O)(=O)N=C12. The van der Waals surface area contributed by atoms with Crippen molar-refractivity contribution in [2.45, 2.75) is 35.8 Å². The number of sulfonamides is 1. The molecule has 1 aliphatic carbocycles. The highest BCUT2D eigenvalue weighted by molar-refractivity contribution is 8.00. The lowest BCUT2D eigenvalue weighted by Crippen LogP contribution is -2.40. The van der Waals surface area contributed by atoms with Gasteiger partial charge in [0.05, 0.1) is 11.3 Å². The number of allylic oxidation sites excluding steroid dienone is 2. The van der Waals surface area contributed by atoms with Crippen molar-refractivity contribution in [1.29, 1.82) is 0 Å². The standard InChI is InChI=1S/C19H21N3O3S2/c23-19(17-6-3-11-22-12-13-27(24,25)21-18(17)22)20-14-7-9-16(10-8-14)26-15-4-1-2-5-15/h3,6-11,15H,1-2,4-5,12-13H2,(H,20,23). The van der Waals surface area contributed by atoms with E-state index in [4.69, 9.17) is 0 Å². The van der Waals surface area contributed by atoms with E-state index in [0.717, 1.165) is 0 Å². The number of anilines is 1. The van der Waals surface area contributed by atoms with Gasteiger partial charge in [0.15, 0.2) is 5.84 Å². The van der Waals surface area contributed by atoms with Crippen LogP contribution in [-0.4, -0.2) is 42.6 Å². The minimum absolute atomic E-state index is 0.0458. The molecule has 1 aromatic rings. The summed E-state index contributed by atoms with van der Waals surface area (Å²) in [5, 5.41) is 3.54. The highest BCUT2D eigenvalue weighted by atomic mass is 32.2. The largest absolute Gasteiger partial charge is 0.331 e. The third kappa shape index (κ3) is 4.27. The summed E-state index contributed by atoms with van der Waals surface area (Å²) in [6, 6.07) is 7.79. The summed E-state index contributed by atoms with van der Waals surface area (Å²) in [5.41, 5.74) is 0.933. The number of amides is 1. The van der Waals surface area contributed by atoms with E-state index in [1.807, 2.05) is 36.0 Å². The minimum Gasteiger partial charge on any atom is -0.331 e. The smallest absolute Gasteiger partial charge is 0.259 e. The van der Waals surface area contributed by atoms with Crippen LogP contribution in [0.4, 0.5) is 5.69 Å². The molecule has 0 unspecified atom stereocenters. The van der Waals surface area contributed by atoms with Crippen molar-refractivity contribution in [1.82, 2.24) is 4.90 Å². The summed E-state index contributed by atoms with van der Waals surface area (Å²) < 4.78 is 27.4. The summed E-state index contributed by atoms with van der Waals surface area (Å²) in [7, 11) is -3.52. The Labute approximate surface area is 163 Å². The molecule has 1 saturated carbocycles. The number of fused-ring (bicyclic) bond motifs is 1. The lowest BCUT2D eigenvalue weighted by molar-refractivity contribution is -0.112. The topological polar surface area (TPSA) is 78.8 Å². The van der Waals surface area contributed by atoms with Crippen molar-refractivity contribution in [2.75, 3.05) is 17.6 Å². The van der Waals surface area contributed by atoms with E-state index in [1.165, 1.54) is 30.6 Å². The molecule has 1 aromatic carbocycles. The van der Waals surface area contributed by atoms with Crippen LogP contribution in [0, 0.1) is 0 Å². The molecule has 8 heteroatoms. The van der Waals surface area contributed by atoms with Crippen LogP contribution in [0.1, 0.15) is 25.7 Å². The van der Waals surface area contributed by atoms with Crippen molar-refractivity contribution >= 4 is 39.2 Å². The summed E-state index contributed by atoms with van der Waals surface area (Å²) in [5.74, 6) is -0.221. The average molecular weight is 404 g/mol. The fourth-order valence-corrected chi connectivity index (χ4v) is 5.64. The molecule has 0 saturated heterocycles. The maximum absolute atomic E-state index is 12.7. The zero-order valence-electron chi connectivity index (χ0n) is 14.8. The van der Waals surface area contributed by atoms with Crippen LogP contribution in [-0.2, 0) is 14.8 Å². The fraction of sp³-hybridized carbons (Fsp3) is 0.368. The maximum atomic E-state index is 12.7. The number of hydrogen-bond donors (Lipinski definition) is 1. The number of amidine groups is 1. The Morgan fingerprint density at radius 2 is 1.93 bits per heavy atom. The van der Waals surface area contributed by atoms with Gasteiger partial charge in [-0.1, -0.05) is 12.8 Å². The van der Waals surface area contributed by atoms with Gasteiger partial charge in [0.2, 0.25) is 0 Å². The molecule has 0 radical (unpaired) electrons. The van der Waals surface area contributed by atoms with E-state index in [-0.39, 0.29) is 23.1 Å². The van der Waals surface area contributed by atoms with Crippen molar-refractivity contribution in [3.8, 4) is 0 Å². The van der Waals surface area contributed by atoms with E-state index in [2.05, 4.69) is 9.71 Å². The van der Waals surface area contributed by atoms with Crippen LogP contribution in [0.25, 0.3) is 0 Å². The van der Waals surface area contributed by atoms with Gasteiger partial charge in [-0.3, -0.25) is 4.79 Å². The molecule has 142 valence electrons. The Bertz CT molecular complexity index is 927. The van der Waals surface area contributed by atoms with E-state index in [9.17, 15) is 13.2 Å². The first-order chi connectivity index (χ1) is 13.0. The Hall–Kier alpha value is -2.06. The van der Waals surface area contributed by atoms with Crippen LogP contribution in [0.3, 0.4) is 0 Å². The average Bonchev–Trinajstić information content (AvgIpc) is 3.15. The first-order valence-corrected chi connectivity index (χ1v) is 11.6. The molecule has 2 aliphatic heterocycles. The fourth-order valence-electron chi connectivity index (χ4n) is 3.41. The molecule has 3 aliphatic rings. The Kier molecular flexibility index (Phi) is 5.10. The Balaban J connectivity index is 1.46. The van der Waals surface area contributed by atoms with Gasteiger partial charge in [-0.05, 0) is 49.3 Å². The molecule has 0 aromatic heterocycles. The molecule has 1 N–H and O–H groups in total. The number of nitrogens with one attached hydrogen (secondary N) is 1. The zero-order chi connectivity index (χ0) is 18.9. The molecule has 0 atom stereocenters. The minimum atomic E-state index is -3.52. The zero-order valence-corrected chi connectivity index (χ0v) is 16.4. The second-order valence-electron chi connectivity index (χ2n) is 6.82. The molecular formula is C19H21N3O3S2. The third-order valence-electron chi connectivity index (χ3n) is 4.82. The predicted molar refractivity (Wildman–Crippen MR) is 108 cm³/mol. The molecule has 0 bridgehead atoms. The highest BCUT2D eigenvalue weighted by Gasteiger charge is 2.30. The number of benzene rings is 1. The summed E-state index contributed by atoms with van der Waals surface area (Å²) in [6.45, 7) is 0.301. The molecule has 2 heterocycles. The number of nitrogens with zero attached hydrogens (tertiary/aromatic N) is 2. The molecule has 1 fully saturated rings. The lowest BCUT2D eigenvalue weighted by atomic mass is 10.1. The number of rotatable bonds is 4. The molecule has 4 rings (SSSR count). The van der Waals surface area contributed by atoms with Gasteiger partial charge in [0.1, 0.15) is 0 Å². The van der Waals surface area contributed by atoms with Crippen LogP contribution in [0.5, 0.6) is 0 Å². The Morgan fingerprint density at radius 1 is 1.19 bits per heavy atom. The number of carbonyl (C=O) groups excluding carboxylic acids is 1. The second-order valence-corrected chi connectivity index (χ2v) is 9.95. The second kappa shape index (κ2) is 7.52. The normalized spacial score (nSPS) is 21.4. The molecule has 1 amide bonds. The van der Waals surface area contributed by atoms with Gasteiger partial charge in [-0.15, -0.1) is 16.2 Å². The van der Waals surface area contributed by atoms with Crippen LogP contribution >= 0.6 is 11.8 Å². The van der Waals surface area contributed by atoms with Crippen LogP contribution in [0.2, 0.25) is 0 Å². The van der Waals surface area contributed by atoms with Gasteiger partial charge in [-0.25, -0.2) is 8.42 Å². The molecular weight excluding hydrogens is 382 g/mol. The maximum Gasteiger partial charge on any atom is 0.259 e.